The van der Waals surface area contributed by atoms with Gasteiger partial charge in [0.1, 0.15) is 5.69 Å². The molecule has 2 rings (SSSR count). The highest BCUT2D eigenvalue weighted by molar-refractivity contribution is 6.07. The molecule has 1 heterocycles. The minimum absolute atomic E-state index is 0.171. The second-order valence-corrected chi connectivity index (χ2v) is 3.36. The average molecular weight is 240 g/mol. The molecule has 0 saturated heterocycles. The normalized spacial score (nSPS) is 11.5. The Kier molecular flexibility index (Phi) is 2.71. The number of halogens is 3. The van der Waals surface area contributed by atoms with Crippen LogP contribution in [0.2, 0.25) is 0 Å². The Hall–Kier alpha value is -2.11. The van der Waals surface area contributed by atoms with Gasteiger partial charge in [0.05, 0.1) is 5.56 Å². The van der Waals surface area contributed by atoms with Crippen molar-refractivity contribution in [1.29, 1.82) is 0 Å². The molecule has 6 heteroatoms. The summed E-state index contributed by atoms with van der Waals surface area (Å²) in [4.78, 5) is 11.7. The van der Waals surface area contributed by atoms with Crippen molar-refractivity contribution >= 4 is 5.78 Å². The highest BCUT2D eigenvalue weighted by atomic mass is 19.4. The Morgan fingerprint density at radius 2 is 1.76 bits per heavy atom. The van der Waals surface area contributed by atoms with Gasteiger partial charge in [-0.1, -0.05) is 12.1 Å². The number of aromatic amines is 1. The summed E-state index contributed by atoms with van der Waals surface area (Å²) in [6.45, 7) is 0. The van der Waals surface area contributed by atoms with Crippen LogP contribution in [0.1, 0.15) is 21.6 Å². The number of carbonyl (C=O) groups is 1. The fourth-order valence-corrected chi connectivity index (χ4v) is 1.35. The molecule has 17 heavy (non-hydrogen) atoms. The van der Waals surface area contributed by atoms with Gasteiger partial charge in [0.15, 0.2) is 0 Å². The minimum atomic E-state index is -4.39. The fraction of sp³-hybridized carbons (Fsp3) is 0.0909. The van der Waals surface area contributed by atoms with Crippen molar-refractivity contribution in [1.82, 2.24) is 10.2 Å². The third-order valence-corrected chi connectivity index (χ3v) is 2.21. The molecule has 0 fully saturated rings. The minimum Gasteiger partial charge on any atom is -0.287 e. The number of hydrogen-bond acceptors (Lipinski definition) is 2. The van der Waals surface area contributed by atoms with Crippen LogP contribution in [0.3, 0.4) is 0 Å². The Morgan fingerprint density at radius 3 is 2.24 bits per heavy atom. The maximum atomic E-state index is 12.3. The van der Waals surface area contributed by atoms with Gasteiger partial charge in [-0.15, -0.1) is 0 Å². The van der Waals surface area contributed by atoms with E-state index in [1.807, 2.05) is 0 Å². The molecule has 1 aromatic carbocycles. The lowest BCUT2D eigenvalue weighted by molar-refractivity contribution is -0.137. The smallest absolute Gasteiger partial charge is 0.287 e. The summed E-state index contributed by atoms with van der Waals surface area (Å²) in [6, 6.07) is 5.49. The number of H-pyrrole nitrogens is 1. The first-order chi connectivity index (χ1) is 7.98. The molecule has 3 nitrogen and oxygen atoms in total. The van der Waals surface area contributed by atoms with Crippen LogP contribution in [-0.4, -0.2) is 16.0 Å². The van der Waals surface area contributed by atoms with Crippen LogP contribution in [0.5, 0.6) is 0 Å². The van der Waals surface area contributed by atoms with Crippen LogP contribution in [0, 0.1) is 0 Å². The Bertz CT molecular complexity index is 515. The maximum absolute atomic E-state index is 12.3. The van der Waals surface area contributed by atoms with Crippen LogP contribution >= 0.6 is 0 Å². The van der Waals surface area contributed by atoms with Gasteiger partial charge in [-0.05, 0) is 18.2 Å². The molecule has 1 N–H and O–H groups in total. The molecule has 1 aromatic heterocycles. The summed E-state index contributed by atoms with van der Waals surface area (Å²) < 4.78 is 36.9. The molecular formula is C11H7F3N2O. The lowest BCUT2D eigenvalue weighted by atomic mass is 10.1. The van der Waals surface area contributed by atoms with Gasteiger partial charge in [0, 0.05) is 11.8 Å². The van der Waals surface area contributed by atoms with E-state index in [1.165, 1.54) is 12.3 Å². The predicted octanol–water partition coefficient (Wildman–Crippen LogP) is 2.66. The number of aromatic nitrogens is 2. The molecule has 2 aromatic rings. The number of carbonyl (C=O) groups excluding carboxylic acids is 1. The van der Waals surface area contributed by atoms with Crippen molar-refractivity contribution in [3.63, 3.8) is 0 Å². The van der Waals surface area contributed by atoms with Crippen molar-refractivity contribution in [2.24, 2.45) is 0 Å². The van der Waals surface area contributed by atoms with Crippen LogP contribution < -0.4 is 0 Å². The van der Waals surface area contributed by atoms with Gasteiger partial charge in [0.2, 0.25) is 5.78 Å². The van der Waals surface area contributed by atoms with Gasteiger partial charge < -0.3 is 0 Å². The van der Waals surface area contributed by atoms with Gasteiger partial charge in [-0.3, -0.25) is 9.89 Å². The first-order valence-corrected chi connectivity index (χ1v) is 4.70. The van der Waals surface area contributed by atoms with E-state index in [0.717, 1.165) is 24.3 Å². The quantitative estimate of drug-likeness (QED) is 0.820. The topological polar surface area (TPSA) is 45.8 Å². The van der Waals surface area contributed by atoms with E-state index in [9.17, 15) is 18.0 Å². The highest BCUT2D eigenvalue weighted by Crippen LogP contribution is 2.29. The zero-order chi connectivity index (χ0) is 12.5. The van der Waals surface area contributed by atoms with Gasteiger partial charge in [0.25, 0.3) is 0 Å². The average Bonchev–Trinajstić information content (AvgIpc) is 2.80. The highest BCUT2D eigenvalue weighted by Gasteiger charge is 2.30. The molecule has 0 aliphatic rings. The second kappa shape index (κ2) is 4.04. The summed E-state index contributed by atoms with van der Waals surface area (Å²) in [5, 5.41) is 6.13. The van der Waals surface area contributed by atoms with Crippen LogP contribution in [0.4, 0.5) is 13.2 Å². The standard InChI is InChI=1S/C11H7F3N2O/c12-11(13,14)8-3-1-7(2-4-8)10(17)9-5-6-15-16-9/h1-6H,(H,15,16). The molecule has 0 atom stereocenters. The zero-order valence-corrected chi connectivity index (χ0v) is 8.45. The van der Waals surface area contributed by atoms with Gasteiger partial charge in [-0.2, -0.15) is 18.3 Å². The second-order valence-electron chi connectivity index (χ2n) is 3.36. The molecule has 0 spiro atoms. The first-order valence-electron chi connectivity index (χ1n) is 4.70. The van der Waals surface area contributed by atoms with E-state index in [-0.39, 0.29) is 11.3 Å². The van der Waals surface area contributed by atoms with Crippen LogP contribution in [-0.2, 0) is 6.18 Å². The molecule has 0 saturated carbocycles. The number of hydrogen-bond donors (Lipinski definition) is 1. The number of nitrogens with zero attached hydrogens (tertiary/aromatic N) is 1. The Balaban J connectivity index is 2.28. The molecule has 0 unspecified atom stereocenters. The van der Waals surface area contributed by atoms with Gasteiger partial charge in [-0.25, -0.2) is 0 Å². The Morgan fingerprint density at radius 1 is 1.12 bits per heavy atom. The Labute approximate surface area is 94.3 Å². The molecule has 0 aliphatic heterocycles. The van der Waals surface area contributed by atoms with Crippen molar-refractivity contribution < 1.29 is 18.0 Å². The first kappa shape index (κ1) is 11.4. The number of alkyl halides is 3. The van der Waals surface area contributed by atoms with Crippen molar-refractivity contribution in [3.8, 4) is 0 Å². The van der Waals surface area contributed by atoms with Crippen molar-refractivity contribution in [3.05, 3.63) is 53.3 Å². The van der Waals surface area contributed by atoms with E-state index in [2.05, 4.69) is 10.2 Å². The van der Waals surface area contributed by atoms with Crippen LogP contribution in [0.25, 0.3) is 0 Å². The summed E-state index contributed by atoms with van der Waals surface area (Å²) in [5.74, 6) is -0.417. The predicted molar refractivity (Wildman–Crippen MR) is 53.5 cm³/mol. The van der Waals surface area contributed by atoms with E-state index in [0.29, 0.717) is 0 Å². The summed E-state index contributed by atoms with van der Waals surface area (Å²) in [7, 11) is 0. The zero-order valence-electron chi connectivity index (χ0n) is 8.45. The monoisotopic (exact) mass is 240 g/mol. The van der Waals surface area contributed by atoms with Crippen molar-refractivity contribution in [2.45, 2.75) is 6.18 Å². The third-order valence-electron chi connectivity index (χ3n) is 2.21. The lowest BCUT2D eigenvalue weighted by Crippen LogP contribution is -2.06. The molecular weight excluding hydrogens is 233 g/mol. The molecule has 0 aliphatic carbocycles. The van der Waals surface area contributed by atoms with E-state index in [4.69, 9.17) is 0 Å². The largest absolute Gasteiger partial charge is 0.416 e. The summed E-state index contributed by atoms with van der Waals surface area (Å²) >= 11 is 0. The number of ketones is 1. The van der Waals surface area contributed by atoms with Crippen molar-refractivity contribution in [2.75, 3.05) is 0 Å². The summed E-state index contributed by atoms with van der Waals surface area (Å²) in [5.41, 5.74) is -0.439. The summed E-state index contributed by atoms with van der Waals surface area (Å²) in [6.07, 6.45) is -2.93. The van der Waals surface area contributed by atoms with E-state index in [1.54, 1.807) is 0 Å². The van der Waals surface area contributed by atoms with E-state index < -0.39 is 17.5 Å². The molecule has 0 radical (unpaired) electrons. The number of nitrogens with one attached hydrogen (secondary N) is 1. The maximum Gasteiger partial charge on any atom is 0.416 e. The van der Waals surface area contributed by atoms with Crippen LogP contribution in [0.15, 0.2) is 36.5 Å². The number of rotatable bonds is 2. The molecule has 0 bridgehead atoms. The van der Waals surface area contributed by atoms with Gasteiger partial charge >= 0.3 is 6.18 Å². The van der Waals surface area contributed by atoms with E-state index >= 15 is 0 Å². The SMILES string of the molecule is O=C(c1ccc(C(F)(F)F)cc1)c1cc[nH]n1. The fourth-order valence-electron chi connectivity index (χ4n) is 1.35. The third kappa shape index (κ3) is 2.35. The molecule has 88 valence electrons. The lowest BCUT2D eigenvalue weighted by Gasteiger charge is -2.06. The number of benzene rings is 1. The molecule has 0 amide bonds.